The van der Waals surface area contributed by atoms with Gasteiger partial charge in [0.2, 0.25) is 11.8 Å². The van der Waals surface area contributed by atoms with Crippen LogP contribution in [-0.2, 0) is 26.2 Å². The van der Waals surface area contributed by atoms with E-state index in [9.17, 15) is 18.0 Å². The average molecular weight is 622 g/mol. The second-order valence-electron chi connectivity index (χ2n) is 11.1. The van der Waals surface area contributed by atoms with Crippen LogP contribution in [0.15, 0.2) is 77.7 Å². The van der Waals surface area contributed by atoms with E-state index >= 15 is 0 Å². The number of carbonyl (C=O) groups is 2. The lowest BCUT2D eigenvalue weighted by Gasteiger charge is -2.34. The number of nitrogens with zero attached hydrogens (tertiary/aromatic N) is 2. The van der Waals surface area contributed by atoms with Crippen LogP contribution in [0.1, 0.15) is 56.6 Å². The number of benzene rings is 3. The highest BCUT2D eigenvalue weighted by Gasteiger charge is 2.35. The van der Waals surface area contributed by atoms with Gasteiger partial charge in [-0.25, -0.2) is 8.42 Å². The van der Waals surface area contributed by atoms with Gasteiger partial charge in [0.05, 0.1) is 24.8 Å². The molecule has 0 unspecified atom stereocenters. The Kier molecular flexibility index (Phi) is 11.3. The van der Waals surface area contributed by atoms with Crippen molar-refractivity contribution in [2.24, 2.45) is 0 Å². The molecule has 1 N–H and O–H groups in total. The first-order valence-corrected chi connectivity index (χ1v) is 16.6. The van der Waals surface area contributed by atoms with E-state index in [1.165, 1.54) is 37.3 Å². The summed E-state index contributed by atoms with van der Waals surface area (Å²) in [5.74, 6) is 0.0325. The van der Waals surface area contributed by atoms with Crippen LogP contribution in [0.4, 0.5) is 5.69 Å². The molecule has 10 heteroatoms. The predicted octanol–water partition coefficient (Wildman–Crippen LogP) is 5.46. The molecule has 1 aliphatic rings. The number of anilines is 1. The quantitative estimate of drug-likeness (QED) is 0.272. The van der Waals surface area contributed by atoms with Gasteiger partial charge in [-0.2, -0.15) is 0 Å². The monoisotopic (exact) mass is 621 g/mol. The number of hydrogen-bond donors (Lipinski definition) is 1. The lowest BCUT2D eigenvalue weighted by molar-refractivity contribution is -0.140. The van der Waals surface area contributed by atoms with Crippen molar-refractivity contribution in [1.82, 2.24) is 10.2 Å². The number of carbonyl (C=O) groups excluding carboxylic acids is 2. The Morgan fingerprint density at radius 2 is 1.57 bits per heavy atom. The van der Waals surface area contributed by atoms with Gasteiger partial charge in [-0.05, 0) is 61.6 Å². The van der Waals surface area contributed by atoms with Crippen molar-refractivity contribution in [3.05, 3.63) is 83.9 Å². The lowest BCUT2D eigenvalue weighted by Crippen LogP contribution is -2.54. The summed E-state index contributed by atoms with van der Waals surface area (Å²) in [4.78, 5) is 29.7. The molecule has 0 aromatic heterocycles. The van der Waals surface area contributed by atoms with Crippen molar-refractivity contribution in [2.75, 3.05) is 25.1 Å². The van der Waals surface area contributed by atoms with E-state index in [0.717, 1.165) is 47.5 Å². The topological polar surface area (TPSA) is 105 Å². The molecule has 44 heavy (non-hydrogen) atoms. The highest BCUT2D eigenvalue weighted by molar-refractivity contribution is 7.92. The summed E-state index contributed by atoms with van der Waals surface area (Å²) in [6.45, 7) is 3.46. The number of methoxy groups -OCH3 is 2. The molecule has 4 rings (SSSR count). The summed E-state index contributed by atoms with van der Waals surface area (Å²) < 4.78 is 40.1. The molecular weight excluding hydrogens is 578 g/mol. The minimum atomic E-state index is -4.19. The molecule has 9 nitrogen and oxygen atoms in total. The molecule has 0 heterocycles. The van der Waals surface area contributed by atoms with Crippen molar-refractivity contribution in [3.8, 4) is 11.5 Å². The summed E-state index contributed by atoms with van der Waals surface area (Å²) in [5, 5.41) is 3.18. The van der Waals surface area contributed by atoms with E-state index in [1.807, 2.05) is 38.1 Å². The van der Waals surface area contributed by atoms with Crippen LogP contribution >= 0.6 is 0 Å². The Morgan fingerprint density at radius 3 is 2.20 bits per heavy atom. The first-order chi connectivity index (χ1) is 21.2. The Labute approximate surface area is 261 Å². The maximum Gasteiger partial charge on any atom is 0.264 e. The van der Waals surface area contributed by atoms with Gasteiger partial charge in [0, 0.05) is 18.7 Å². The summed E-state index contributed by atoms with van der Waals surface area (Å²) in [7, 11) is -1.24. The first-order valence-electron chi connectivity index (χ1n) is 15.1. The highest BCUT2D eigenvalue weighted by Crippen LogP contribution is 2.34. The smallest absolute Gasteiger partial charge is 0.264 e. The Morgan fingerprint density at radius 1 is 0.909 bits per heavy atom. The molecule has 236 valence electrons. The van der Waals surface area contributed by atoms with Gasteiger partial charge in [-0.15, -0.1) is 0 Å². The van der Waals surface area contributed by atoms with Crippen LogP contribution in [0.2, 0.25) is 0 Å². The zero-order chi connectivity index (χ0) is 31.7. The van der Waals surface area contributed by atoms with Gasteiger partial charge in [0.25, 0.3) is 10.0 Å². The first kappa shape index (κ1) is 32.9. The second kappa shape index (κ2) is 15.1. The lowest BCUT2D eigenvalue weighted by atomic mass is 9.95. The van der Waals surface area contributed by atoms with E-state index in [0.29, 0.717) is 17.9 Å². The summed E-state index contributed by atoms with van der Waals surface area (Å²) in [6, 6.07) is 19.7. The zero-order valence-electron chi connectivity index (χ0n) is 26.0. The number of hydrogen-bond acceptors (Lipinski definition) is 6. The average Bonchev–Trinajstić information content (AvgIpc) is 3.04. The molecule has 1 aliphatic carbocycles. The Hall–Kier alpha value is -4.05. The molecule has 3 aromatic rings. The largest absolute Gasteiger partial charge is 0.493 e. The second-order valence-corrected chi connectivity index (χ2v) is 12.9. The van der Waals surface area contributed by atoms with E-state index in [1.54, 1.807) is 30.3 Å². The van der Waals surface area contributed by atoms with Gasteiger partial charge in [-0.1, -0.05) is 68.7 Å². The molecule has 2 amide bonds. The van der Waals surface area contributed by atoms with Crippen LogP contribution in [0.5, 0.6) is 11.5 Å². The molecule has 1 fully saturated rings. The van der Waals surface area contributed by atoms with Crippen LogP contribution < -0.4 is 19.1 Å². The third-order valence-corrected chi connectivity index (χ3v) is 9.99. The molecule has 0 aliphatic heterocycles. The number of rotatable bonds is 13. The van der Waals surface area contributed by atoms with Crippen molar-refractivity contribution in [1.29, 1.82) is 0 Å². The third kappa shape index (κ3) is 7.72. The van der Waals surface area contributed by atoms with Gasteiger partial charge in [-0.3, -0.25) is 13.9 Å². The summed E-state index contributed by atoms with van der Waals surface area (Å²) >= 11 is 0. The van der Waals surface area contributed by atoms with Gasteiger partial charge >= 0.3 is 0 Å². The zero-order valence-corrected chi connectivity index (χ0v) is 26.8. The summed E-state index contributed by atoms with van der Waals surface area (Å²) in [5.41, 5.74) is 2.09. The summed E-state index contributed by atoms with van der Waals surface area (Å²) in [6.07, 6.45) is 5.48. The Balaban J connectivity index is 1.75. The number of nitrogens with one attached hydrogen (secondary N) is 1. The van der Waals surface area contributed by atoms with Crippen LogP contribution in [-0.4, -0.2) is 58.0 Å². The highest BCUT2D eigenvalue weighted by atomic mass is 32.2. The number of amides is 2. The van der Waals surface area contributed by atoms with Crippen LogP contribution in [0.25, 0.3) is 0 Å². The van der Waals surface area contributed by atoms with Crippen molar-refractivity contribution in [2.45, 2.75) is 75.9 Å². The molecule has 3 aromatic carbocycles. The molecule has 0 spiro atoms. The minimum Gasteiger partial charge on any atom is -0.493 e. The van der Waals surface area contributed by atoms with Crippen molar-refractivity contribution < 1.29 is 27.5 Å². The van der Waals surface area contributed by atoms with E-state index in [-0.39, 0.29) is 29.1 Å². The Bertz CT molecular complexity index is 1520. The number of ether oxygens (including phenoxy) is 2. The molecule has 1 saturated carbocycles. The van der Waals surface area contributed by atoms with E-state index in [4.69, 9.17) is 9.47 Å². The molecular formula is C34H43N3O6S. The standard InChI is InChI=1S/C34H43N3O6S/c1-5-30(34(39)35-27-16-8-6-9-17-27)36(23-26-15-13-12-14-25(26)2)33(38)24-37(44(40,41)29-18-10-7-11-19-29)28-20-21-31(42-3)32(22-28)43-4/h7,10-15,18-22,27,30H,5-6,8-9,16-17,23-24H2,1-4H3,(H,35,39)/t30-/m0/s1. The van der Waals surface area contributed by atoms with Crippen molar-refractivity contribution in [3.63, 3.8) is 0 Å². The normalized spacial score (nSPS) is 14.4. The fourth-order valence-corrected chi connectivity index (χ4v) is 7.09. The molecule has 0 radical (unpaired) electrons. The molecule has 1 atom stereocenters. The van der Waals surface area contributed by atoms with E-state index in [2.05, 4.69) is 5.32 Å². The van der Waals surface area contributed by atoms with Gasteiger partial charge < -0.3 is 19.7 Å². The van der Waals surface area contributed by atoms with Gasteiger partial charge in [0.1, 0.15) is 12.6 Å². The molecule has 0 bridgehead atoms. The number of aryl methyl sites for hydroxylation is 1. The SMILES string of the molecule is CC[C@@H](C(=O)NC1CCCCC1)N(Cc1ccccc1C)C(=O)CN(c1ccc(OC)c(OC)c1)S(=O)(=O)c1ccccc1. The fourth-order valence-electron chi connectivity index (χ4n) is 5.66. The predicted molar refractivity (Wildman–Crippen MR) is 171 cm³/mol. The third-order valence-electron chi connectivity index (χ3n) is 8.20. The van der Waals surface area contributed by atoms with Crippen LogP contribution in [0.3, 0.4) is 0 Å². The van der Waals surface area contributed by atoms with Crippen LogP contribution in [0, 0.1) is 6.92 Å². The van der Waals surface area contributed by atoms with Crippen molar-refractivity contribution >= 4 is 27.5 Å². The maximum absolute atomic E-state index is 14.4. The fraction of sp³-hybridized carbons (Fsp3) is 0.412. The van der Waals surface area contributed by atoms with E-state index < -0.39 is 28.5 Å². The molecule has 0 saturated heterocycles. The van der Waals surface area contributed by atoms with Gasteiger partial charge in [0.15, 0.2) is 11.5 Å². The number of sulfonamides is 1. The maximum atomic E-state index is 14.4. The minimum absolute atomic E-state index is 0.0371.